The standard InChI is InChI=1S/C20H29N5O4/c1-11(2)25-13(4)18(12(3)23-25)22-20(27)21-15-10-17(29-8)16(28-7)9-14(15)19(26)24(5)6/h9-11H,1-8H3,(H2,21,22,27). The number of amides is 3. The fraction of sp³-hybridized carbons (Fsp3) is 0.450. The minimum absolute atomic E-state index is 0.169. The Bertz CT molecular complexity index is 918. The molecule has 0 saturated carbocycles. The quantitative estimate of drug-likeness (QED) is 0.770. The summed E-state index contributed by atoms with van der Waals surface area (Å²) in [5, 5.41) is 10.0. The lowest BCUT2D eigenvalue weighted by molar-refractivity contribution is 0.0828. The Morgan fingerprint density at radius 3 is 2.14 bits per heavy atom. The van der Waals surface area contributed by atoms with Gasteiger partial charge in [-0.2, -0.15) is 5.10 Å². The molecule has 29 heavy (non-hydrogen) atoms. The van der Waals surface area contributed by atoms with Crippen LogP contribution >= 0.6 is 0 Å². The van der Waals surface area contributed by atoms with E-state index in [0.717, 1.165) is 5.69 Å². The van der Waals surface area contributed by atoms with Gasteiger partial charge in [-0.15, -0.1) is 0 Å². The summed E-state index contributed by atoms with van der Waals surface area (Å²) < 4.78 is 12.4. The van der Waals surface area contributed by atoms with Gasteiger partial charge < -0.3 is 25.0 Å². The molecule has 1 aromatic carbocycles. The summed E-state index contributed by atoms with van der Waals surface area (Å²) in [5.41, 5.74) is 2.80. The molecule has 0 atom stereocenters. The van der Waals surface area contributed by atoms with Crippen LogP contribution in [0.2, 0.25) is 0 Å². The zero-order chi connectivity index (χ0) is 21.9. The molecule has 0 bridgehead atoms. The van der Waals surface area contributed by atoms with E-state index in [1.807, 2.05) is 32.4 Å². The molecule has 0 saturated heterocycles. The number of nitrogens with zero attached hydrogens (tertiary/aromatic N) is 3. The van der Waals surface area contributed by atoms with Gasteiger partial charge in [0.1, 0.15) is 0 Å². The zero-order valence-electron chi connectivity index (χ0n) is 18.2. The van der Waals surface area contributed by atoms with Crippen LogP contribution in [0.1, 0.15) is 41.6 Å². The molecule has 0 unspecified atom stereocenters. The number of aromatic nitrogens is 2. The number of benzene rings is 1. The molecule has 0 fully saturated rings. The van der Waals surface area contributed by atoms with Gasteiger partial charge >= 0.3 is 6.03 Å². The van der Waals surface area contributed by atoms with E-state index < -0.39 is 6.03 Å². The van der Waals surface area contributed by atoms with Crippen molar-refractivity contribution in [1.29, 1.82) is 0 Å². The van der Waals surface area contributed by atoms with Crippen molar-refractivity contribution in [3.05, 3.63) is 29.1 Å². The molecule has 0 aliphatic heterocycles. The summed E-state index contributed by atoms with van der Waals surface area (Å²) >= 11 is 0. The molecule has 2 rings (SSSR count). The number of anilines is 2. The molecule has 1 aromatic heterocycles. The second-order valence-corrected chi connectivity index (χ2v) is 7.12. The predicted molar refractivity (Wildman–Crippen MR) is 112 cm³/mol. The number of aryl methyl sites for hydroxylation is 1. The molecular weight excluding hydrogens is 374 g/mol. The number of hydrogen-bond donors (Lipinski definition) is 2. The number of ether oxygens (including phenoxy) is 2. The van der Waals surface area contributed by atoms with Crippen LogP contribution in [0.5, 0.6) is 11.5 Å². The maximum atomic E-state index is 12.7. The third-order valence-corrected chi connectivity index (χ3v) is 4.46. The minimum Gasteiger partial charge on any atom is -0.493 e. The molecular formula is C20H29N5O4. The van der Waals surface area contributed by atoms with Crippen molar-refractivity contribution < 1.29 is 19.1 Å². The van der Waals surface area contributed by atoms with Crippen LogP contribution < -0.4 is 20.1 Å². The number of rotatable bonds is 6. The fourth-order valence-electron chi connectivity index (χ4n) is 3.01. The SMILES string of the molecule is COc1cc(NC(=O)Nc2c(C)nn(C(C)C)c2C)c(C(=O)N(C)C)cc1OC. The average molecular weight is 403 g/mol. The summed E-state index contributed by atoms with van der Waals surface area (Å²) in [5.74, 6) is 0.521. The van der Waals surface area contributed by atoms with Gasteiger partial charge in [0.2, 0.25) is 0 Å². The molecule has 0 radical (unpaired) electrons. The van der Waals surface area contributed by atoms with Crippen molar-refractivity contribution in [2.75, 3.05) is 38.9 Å². The van der Waals surface area contributed by atoms with E-state index in [2.05, 4.69) is 15.7 Å². The van der Waals surface area contributed by atoms with Gasteiger partial charge in [0, 0.05) is 26.2 Å². The van der Waals surface area contributed by atoms with Gasteiger partial charge in [0.25, 0.3) is 5.91 Å². The number of nitrogens with one attached hydrogen (secondary N) is 2. The van der Waals surface area contributed by atoms with E-state index in [0.29, 0.717) is 28.6 Å². The van der Waals surface area contributed by atoms with Crippen LogP contribution in [0.15, 0.2) is 12.1 Å². The van der Waals surface area contributed by atoms with Crippen molar-refractivity contribution in [2.24, 2.45) is 0 Å². The molecule has 2 N–H and O–H groups in total. The molecule has 3 amide bonds. The second kappa shape index (κ2) is 8.85. The monoisotopic (exact) mass is 403 g/mol. The third-order valence-electron chi connectivity index (χ3n) is 4.46. The van der Waals surface area contributed by atoms with Gasteiger partial charge in [-0.3, -0.25) is 9.48 Å². The number of hydrogen-bond acceptors (Lipinski definition) is 5. The van der Waals surface area contributed by atoms with E-state index in [-0.39, 0.29) is 17.5 Å². The van der Waals surface area contributed by atoms with Crippen LogP contribution in [0.3, 0.4) is 0 Å². The van der Waals surface area contributed by atoms with Gasteiger partial charge in [-0.25, -0.2) is 4.79 Å². The minimum atomic E-state index is -0.487. The van der Waals surface area contributed by atoms with E-state index >= 15 is 0 Å². The largest absolute Gasteiger partial charge is 0.493 e. The van der Waals surface area contributed by atoms with Gasteiger partial charge in [-0.1, -0.05) is 0 Å². The first kappa shape index (κ1) is 22.1. The normalized spacial score (nSPS) is 10.7. The first-order valence-electron chi connectivity index (χ1n) is 9.22. The van der Waals surface area contributed by atoms with E-state index in [1.165, 1.54) is 19.1 Å². The Morgan fingerprint density at radius 1 is 1.07 bits per heavy atom. The van der Waals surface area contributed by atoms with Crippen LogP contribution in [-0.2, 0) is 0 Å². The first-order chi connectivity index (χ1) is 13.6. The predicted octanol–water partition coefficient (Wildman–Crippen LogP) is 3.44. The average Bonchev–Trinajstić information content (AvgIpc) is 2.95. The topological polar surface area (TPSA) is 97.7 Å². The zero-order valence-corrected chi connectivity index (χ0v) is 18.2. The van der Waals surface area contributed by atoms with Crippen LogP contribution in [0.25, 0.3) is 0 Å². The molecule has 0 spiro atoms. The second-order valence-electron chi connectivity index (χ2n) is 7.12. The van der Waals surface area contributed by atoms with Crippen LogP contribution in [0, 0.1) is 13.8 Å². The Labute approximate surface area is 171 Å². The van der Waals surface area contributed by atoms with Crippen molar-refractivity contribution in [3.8, 4) is 11.5 Å². The lowest BCUT2D eigenvalue weighted by Gasteiger charge is -2.18. The number of methoxy groups -OCH3 is 2. The highest BCUT2D eigenvalue weighted by atomic mass is 16.5. The summed E-state index contributed by atoms with van der Waals surface area (Å²) in [6.07, 6.45) is 0. The molecule has 1 heterocycles. The Kier molecular flexibility index (Phi) is 6.73. The molecule has 2 aromatic rings. The fourth-order valence-corrected chi connectivity index (χ4v) is 3.01. The van der Waals surface area contributed by atoms with E-state index in [4.69, 9.17) is 9.47 Å². The molecule has 9 heteroatoms. The molecule has 158 valence electrons. The van der Waals surface area contributed by atoms with Crippen molar-refractivity contribution in [2.45, 2.75) is 33.7 Å². The maximum Gasteiger partial charge on any atom is 0.323 e. The van der Waals surface area contributed by atoms with E-state index in [9.17, 15) is 9.59 Å². The first-order valence-corrected chi connectivity index (χ1v) is 9.22. The highest BCUT2D eigenvalue weighted by molar-refractivity contribution is 6.07. The third kappa shape index (κ3) is 4.61. The van der Waals surface area contributed by atoms with Crippen LogP contribution in [-0.4, -0.2) is 54.9 Å². The number of carbonyl (C=O) groups is 2. The van der Waals surface area contributed by atoms with Crippen LogP contribution in [0.4, 0.5) is 16.2 Å². The molecule has 0 aliphatic rings. The highest BCUT2D eigenvalue weighted by Gasteiger charge is 2.21. The smallest absolute Gasteiger partial charge is 0.323 e. The van der Waals surface area contributed by atoms with Crippen molar-refractivity contribution >= 4 is 23.3 Å². The summed E-state index contributed by atoms with van der Waals surface area (Å²) in [7, 11) is 6.24. The van der Waals surface area contributed by atoms with Crippen molar-refractivity contribution in [3.63, 3.8) is 0 Å². The van der Waals surface area contributed by atoms with Gasteiger partial charge in [0.15, 0.2) is 11.5 Å². The lowest BCUT2D eigenvalue weighted by Crippen LogP contribution is -2.26. The maximum absolute atomic E-state index is 12.7. The molecule has 0 aliphatic carbocycles. The molecule has 9 nitrogen and oxygen atoms in total. The van der Waals surface area contributed by atoms with E-state index in [1.54, 1.807) is 26.2 Å². The van der Waals surface area contributed by atoms with Gasteiger partial charge in [-0.05, 0) is 33.8 Å². The summed E-state index contributed by atoms with van der Waals surface area (Å²) in [6, 6.07) is 2.79. The highest BCUT2D eigenvalue weighted by Crippen LogP contribution is 2.34. The Hall–Kier alpha value is -3.23. The number of carbonyl (C=O) groups excluding carboxylic acids is 2. The van der Waals surface area contributed by atoms with Gasteiger partial charge in [0.05, 0.1) is 42.5 Å². The van der Waals surface area contributed by atoms with Crippen molar-refractivity contribution in [1.82, 2.24) is 14.7 Å². The lowest BCUT2D eigenvalue weighted by atomic mass is 10.1. The summed E-state index contributed by atoms with van der Waals surface area (Å²) in [6.45, 7) is 7.77. The Balaban J connectivity index is 2.38. The Morgan fingerprint density at radius 2 is 1.66 bits per heavy atom. The summed E-state index contributed by atoms with van der Waals surface area (Å²) in [4.78, 5) is 26.7. The number of urea groups is 1.